The van der Waals surface area contributed by atoms with Crippen LogP contribution in [0.2, 0.25) is 0 Å². The van der Waals surface area contributed by atoms with E-state index in [1.807, 2.05) is 54.6 Å². The number of rotatable bonds is 7. The molecule has 3 aromatic rings. The van der Waals surface area contributed by atoms with E-state index in [9.17, 15) is 4.79 Å². The van der Waals surface area contributed by atoms with E-state index in [2.05, 4.69) is 32.6 Å². The third-order valence-electron chi connectivity index (χ3n) is 5.68. The minimum absolute atomic E-state index is 0.449. The van der Waals surface area contributed by atoms with E-state index >= 15 is 0 Å². The summed E-state index contributed by atoms with van der Waals surface area (Å²) < 4.78 is 12.2. The fourth-order valence-corrected chi connectivity index (χ4v) is 4.15. The first kappa shape index (κ1) is 21.6. The third-order valence-corrected chi connectivity index (χ3v) is 5.68. The van der Waals surface area contributed by atoms with E-state index < -0.39 is 5.97 Å². The quantitative estimate of drug-likeness (QED) is 0.170. The summed E-state index contributed by atoms with van der Waals surface area (Å²) >= 11 is 0. The van der Waals surface area contributed by atoms with Gasteiger partial charge in [-0.15, -0.1) is 0 Å². The molecule has 0 N–H and O–H groups in total. The van der Waals surface area contributed by atoms with Gasteiger partial charge in [0.2, 0.25) is 0 Å². The lowest BCUT2D eigenvalue weighted by Crippen LogP contribution is -2.12. The van der Waals surface area contributed by atoms with Gasteiger partial charge in [-0.3, -0.25) is 0 Å². The molecule has 3 aromatic carbocycles. The van der Waals surface area contributed by atoms with Crippen molar-refractivity contribution in [1.82, 2.24) is 0 Å². The molecule has 0 bridgehead atoms. The molecule has 162 valence electrons. The molecule has 3 nitrogen and oxygen atoms in total. The Morgan fingerprint density at radius 2 is 1.66 bits per heavy atom. The average molecular weight is 425 g/mol. The van der Waals surface area contributed by atoms with Gasteiger partial charge < -0.3 is 9.47 Å². The van der Waals surface area contributed by atoms with Crippen LogP contribution in [0.3, 0.4) is 0 Å². The Hall–Kier alpha value is -3.59. The second-order valence-corrected chi connectivity index (χ2v) is 8.26. The van der Waals surface area contributed by atoms with E-state index in [1.54, 1.807) is 0 Å². The number of carbonyl (C=O) groups excluding carboxylic acids is 1. The van der Waals surface area contributed by atoms with Gasteiger partial charge in [-0.1, -0.05) is 72.3 Å². The van der Waals surface area contributed by atoms with E-state index in [4.69, 9.17) is 9.47 Å². The van der Waals surface area contributed by atoms with Crippen molar-refractivity contribution in [3.63, 3.8) is 0 Å². The second-order valence-electron chi connectivity index (χ2n) is 8.26. The maximum atomic E-state index is 12.2. The highest BCUT2D eigenvalue weighted by atomic mass is 16.5. The molecule has 1 aliphatic rings. The van der Waals surface area contributed by atoms with Crippen LogP contribution in [-0.4, -0.2) is 5.97 Å². The molecule has 0 saturated carbocycles. The van der Waals surface area contributed by atoms with Gasteiger partial charge in [0.1, 0.15) is 17.2 Å². The molecule has 0 unspecified atom stereocenters. The van der Waals surface area contributed by atoms with Crippen LogP contribution in [0.1, 0.15) is 37.8 Å². The summed E-state index contributed by atoms with van der Waals surface area (Å²) in [6, 6.07) is 17.8. The first-order chi connectivity index (χ1) is 15.6. The normalized spacial score (nSPS) is 12.5. The van der Waals surface area contributed by atoms with Gasteiger partial charge in [-0.05, 0) is 51.7 Å². The molecule has 0 aromatic heterocycles. The summed E-state index contributed by atoms with van der Waals surface area (Å²) in [5.41, 5.74) is 4.78. The number of carbonyl (C=O) groups is 1. The second kappa shape index (κ2) is 9.69. The Bertz CT molecular complexity index is 1210. The van der Waals surface area contributed by atoms with Gasteiger partial charge in [0.05, 0.1) is 0 Å². The van der Waals surface area contributed by atoms with E-state index in [0.29, 0.717) is 5.75 Å². The molecular weight excluding hydrogens is 396 g/mol. The standard InChI is InChI=1S/C29H28O3/c1-4-27(30)32-29-24-16-9-8-15-23(24)28(31-22-13-6-5-7-14-22)25-18-17-21(19-26(25)29)12-10-11-20(2)3/h4-9,11,13-17H,1,10,12,18-19H2,2-3H3. The Kier molecular flexibility index (Phi) is 6.55. The molecule has 0 heterocycles. The first-order valence-electron chi connectivity index (χ1n) is 11.0. The van der Waals surface area contributed by atoms with Crippen LogP contribution in [0.5, 0.6) is 17.2 Å². The van der Waals surface area contributed by atoms with Crippen LogP contribution in [-0.2, 0) is 17.6 Å². The Morgan fingerprint density at radius 3 is 2.34 bits per heavy atom. The van der Waals surface area contributed by atoms with Crippen molar-refractivity contribution in [3.8, 4) is 17.2 Å². The van der Waals surface area contributed by atoms with Crippen LogP contribution in [0, 0.1) is 0 Å². The van der Waals surface area contributed by atoms with Gasteiger partial charge in [-0.2, -0.15) is 0 Å². The number of fused-ring (bicyclic) bond motifs is 2. The molecule has 0 aliphatic heterocycles. The van der Waals surface area contributed by atoms with Crippen LogP contribution >= 0.6 is 0 Å². The first-order valence-corrected chi connectivity index (χ1v) is 11.0. The fraction of sp³-hybridized carbons (Fsp3) is 0.207. The Balaban J connectivity index is 1.84. The lowest BCUT2D eigenvalue weighted by molar-refractivity contribution is -0.128. The molecule has 0 spiro atoms. The average Bonchev–Trinajstić information content (AvgIpc) is 2.81. The minimum Gasteiger partial charge on any atom is -0.456 e. The molecule has 32 heavy (non-hydrogen) atoms. The predicted molar refractivity (Wildman–Crippen MR) is 130 cm³/mol. The number of para-hydroxylation sites is 1. The largest absolute Gasteiger partial charge is 0.456 e. The summed E-state index contributed by atoms with van der Waals surface area (Å²) in [6.45, 7) is 7.82. The van der Waals surface area contributed by atoms with Crippen molar-refractivity contribution in [3.05, 3.63) is 102 Å². The van der Waals surface area contributed by atoms with Gasteiger partial charge in [-0.25, -0.2) is 4.79 Å². The molecule has 0 radical (unpaired) electrons. The summed E-state index contributed by atoms with van der Waals surface area (Å²) in [5.74, 6) is 1.79. The molecule has 3 heteroatoms. The summed E-state index contributed by atoms with van der Waals surface area (Å²) in [4.78, 5) is 12.2. The fourth-order valence-electron chi connectivity index (χ4n) is 4.15. The maximum Gasteiger partial charge on any atom is 0.335 e. The van der Waals surface area contributed by atoms with E-state index in [-0.39, 0.29) is 0 Å². The van der Waals surface area contributed by atoms with Crippen molar-refractivity contribution in [2.75, 3.05) is 0 Å². The number of hydrogen-bond acceptors (Lipinski definition) is 3. The molecule has 0 saturated heterocycles. The molecule has 0 atom stereocenters. The lowest BCUT2D eigenvalue weighted by Gasteiger charge is -2.25. The van der Waals surface area contributed by atoms with Crippen molar-refractivity contribution in [1.29, 1.82) is 0 Å². The van der Waals surface area contributed by atoms with Crippen molar-refractivity contribution < 1.29 is 14.3 Å². The monoisotopic (exact) mass is 424 g/mol. The van der Waals surface area contributed by atoms with Gasteiger partial charge in [0.25, 0.3) is 0 Å². The van der Waals surface area contributed by atoms with Crippen LogP contribution < -0.4 is 9.47 Å². The number of ether oxygens (including phenoxy) is 2. The number of benzene rings is 3. The van der Waals surface area contributed by atoms with Crippen LogP contribution in [0.15, 0.2) is 90.6 Å². The number of allylic oxidation sites excluding steroid dienone is 4. The Morgan fingerprint density at radius 1 is 0.969 bits per heavy atom. The topological polar surface area (TPSA) is 35.5 Å². The van der Waals surface area contributed by atoms with E-state index in [0.717, 1.165) is 59.1 Å². The molecule has 0 fully saturated rings. The van der Waals surface area contributed by atoms with Crippen molar-refractivity contribution in [2.24, 2.45) is 0 Å². The number of hydrogen-bond donors (Lipinski definition) is 0. The van der Waals surface area contributed by atoms with Gasteiger partial charge in [0, 0.05) is 28.0 Å². The summed E-state index contributed by atoms with van der Waals surface area (Å²) in [6.07, 6.45) is 9.25. The van der Waals surface area contributed by atoms with Crippen LogP contribution in [0.25, 0.3) is 10.8 Å². The third kappa shape index (κ3) is 4.67. The van der Waals surface area contributed by atoms with E-state index in [1.165, 1.54) is 17.2 Å². The highest BCUT2D eigenvalue weighted by Crippen LogP contribution is 2.45. The number of esters is 1. The molecule has 1 aliphatic carbocycles. The molecular formula is C29H28O3. The van der Waals surface area contributed by atoms with Crippen molar-refractivity contribution >= 4 is 16.7 Å². The minimum atomic E-state index is -0.449. The zero-order chi connectivity index (χ0) is 22.5. The van der Waals surface area contributed by atoms with Gasteiger partial charge >= 0.3 is 5.97 Å². The highest BCUT2D eigenvalue weighted by Gasteiger charge is 2.25. The Labute approximate surface area is 189 Å². The van der Waals surface area contributed by atoms with Gasteiger partial charge in [0.15, 0.2) is 0 Å². The molecule has 0 amide bonds. The maximum absolute atomic E-state index is 12.2. The summed E-state index contributed by atoms with van der Waals surface area (Å²) in [5, 5.41) is 1.81. The summed E-state index contributed by atoms with van der Waals surface area (Å²) in [7, 11) is 0. The zero-order valence-corrected chi connectivity index (χ0v) is 18.7. The highest BCUT2D eigenvalue weighted by molar-refractivity contribution is 5.99. The SMILES string of the molecule is C=CC(=O)Oc1c2c(c(Oc3ccccc3)c3ccccc13)CC=C(CCC=C(C)C)C2. The smallest absolute Gasteiger partial charge is 0.335 e. The van der Waals surface area contributed by atoms with Crippen molar-refractivity contribution in [2.45, 2.75) is 39.5 Å². The van der Waals surface area contributed by atoms with Crippen LogP contribution in [0.4, 0.5) is 0 Å². The zero-order valence-electron chi connectivity index (χ0n) is 18.7. The lowest BCUT2D eigenvalue weighted by atomic mass is 9.85. The molecule has 4 rings (SSSR count). The predicted octanol–water partition coefficient (Wildman–Crippen LogP) is 7.49.